The Morgan fingerprint density at radius 2 is 2.09 bits per heavy atom. The van der Waals surface area contributed by atoms with Crippen molar-refractivity contribution in [2.75, 3.05) is 26.3 Å². The number of rotatable bonds is 3. The topological polar surface area (TPSA) is 67.7 Å². The van der Waals surface area contributed by atoms with Gasteiger partial charge in [0.1, 0.15) is 11.1 Å². The number of nitrogens with one attached hydrogen (secondary N) is 2. The molecule has 9 heteroatoms. The highest BCUT2D eigenvalue weighted by Gasteiger charge is 2.35. The van der Waals surface area contributed by atoms with E-state index >= 15 is 0 Å². The lowest BCUT2D eigenvalue weighted by molar-refractivity contribution is -0.365. The van der Waals surface area contributed by atoms with Gasteiger partial charge in [0.25, 0.3) is 5.82 Å². The summed E-state index contributed by atoms with van der Waals surface area (Å²) in [7, 11) is 0. The average molecular weight is 444 g/mol. The number of aliphatic imine (C=N–C) groups is 1. The number of hydrogen-bond donors (Lipinski definition) is 1. The van der Waals surface area contributed by atoms with Crippen LogP contribution < -0.4 is 4.98 Å². The van der Waals surface area contributed by atoms with Gasteiger partial charge in [-0.2, -0.15) is 13.2 Å². The van der Waals surface area contributed by atoms with E-state index in [0.717, 1.165) is 45.0 Å². The van der Waals surface area contributed by atoms with Gasteiger partial charge < -0.3 is 9.72 Å². The fourth-order valence-electron chi connectivity index (χ4n) is 4.84. The van der Waals surface area contributed by atoms with E-state index in [1.165, 1.54) is 17.5 Å². The van der Waals surface area contributed by atoms with E-state index in [2.05, 4.69) is 37.0 Å². The van der Waals surface area contributed by atoms with Crippen molar-refractivity contribution in [3.05, 3.63) is 53.5 Å². The Hall–Kier alpha value is -2.78. The van der Waals surface area contributed by atoms with Crippen LogP contribution in [0.2, 0.25) is 0 Å². The van der Waals surface area contributed by atoms with Gasteiger partial charge in [0.05, 0.1) is 18.7 Å². The molecular weight excluding hydrogens is 419 g/mol. The van der Waals surface area contributed by atoms with E-state index in [1.807, 2.05) is 18.3 Å². The fraction of sp³-hybridized carbons (Fsp3) is 0.435. The molecule has 1 aliphatic carbocycles. The Balaban J connectivity index is 1.51. The van der Waals surface area contributed by atoms with Crippen LogP contribution in [-0.4, -0.2) is 53.4 Å². The molecule has 2 atom stereocenters. The quantitative estimate of drug-likeness (QED) is 0.623. The minimum atomic E-state index is -4.47. The number of aromatic amines is 2. The van der Waals surface area contributed by atoms with Crippen LogP contribution in [0.25, 0.3) is 11.0 Å². The Bertz CT molecular complexity index is 1120. The van der Waals surface area contributed by atoms with Gasteiger partial charge in [-0.3, -0.25) is 4.90 Å². The third kappa shape index (κ3) is 4.14. The SMILES string of the molecule is FC(F)(F)c1cc2c(/N=C\C3c4ccccc4CC[C@@H]3N3CCCOCC3)[nH+]cnc2[nH]1. The molecule has 2 aromatic heterocycles. The summed E-state index contributed by atoms with van der Waals surface area (Å²) in [4.78, 5) is 16.4. The van der Waals surface area contributed by atoms with Crippen molar-refractivity contribution < 1.29 is 22.9 Å². The average Bonchev–Trinajstić information content (AvgIpc) is 3.07. The third-order valence-corrected chi connectivity index (χ3v) is 6.38. The molecule has 1 fully saturated rings. The molecule has 0 amide bonds. The lowest BCUT2D eigenvalue weighted by Gasteiger charge is -2.38. The van der Waals surface area contributed by atoms with Crippen molar-refractivity contribution in [2.45, 2.75) is 37.4 Å². The first-order chi connectivity index (χ1) is 15.5. The number of nitrogens with zero attached hydrogens (tertiary/aromatic N) is 3. The molecule has 2 N–H and O–H groups in total. The van der Waals surface area contributed by atoms with Gasteiger partial charge in [-0.25, -0.2) is 4.98 Å². The van der Waals surface area contributed by atoms with Crippen LogP contribution in [0.4, 0.5) is 19.0 Å². The monoisotopic (exact) mass is 444 g/mol. The molecule has 168 valence electrons. The molecule has 3 aromatic rings. The number of hydrogen-bond acceptors (Lipinski definition) is 4. The minimum Gasteiger partial charge on any atom is -0.380 e. The number of halogens is 3. The van der Waals surface area contributed by atoms with Crippen molar-refractivity contribution in [3.63, 3.8) is 0 Å². The highest BCUT2D eigenvalue weighted by Crippen LogP contribution is 2.36. The smallest absolute Gasteiger partial charge is 0.380 e. The van der Waals surface area contributed by atoms with Crippen molar-refractivity contribution in [3.8, 4) is 0 Å². The maximum Gasteiger partial charge on any atom is 0.431 e. The molecule has 2 aliphatic rings. The van der Waals surface area contributed by atoms with Crippen LogP contribution >= 0.6 is 0 Å². The zero-order valence-electron chi connectivity index (χ0n) is 17.5. The molecule has 0 saturated carbocycles. The summed E-state index contributed by atoms with van der Waals surface area (Å²) in [5, 5.41) is 0.319. The van der Waals surface area contributed by atoms with Crippen molar-refractivity contribution >= 4 is 23.1 Å². The van der Waals surface area contributed by atoms with E-state index < -0.39 is 11.9 Å². The highest BCUT2D eigenvalue weighted by molar-refractivity contribution is 5.87. The molecule has 32 heavy (non-hydrogen) atoms. The van der Waals surface area contributed by atoms with Crippen molar-refractivity contribution in [1.82, 2.24) is 14.9 Å². The molecule has 5 rings (SSSR count). The van der Waals surface area contributed by atoms with Crippen LogP contribution in [0.1, 0.15) is 35.6 Å². The molecule has 1 saturated heterocycles. The fourth-order valence-corrected chi connectivity index (χ4v) is 4.84. The van der Waals surface area contributed by atoms with Crippen LogP contribution in [0.15, 0.2) is 41.7 Å². The Morgan fingerprint density at radius 3 is 2.97 bits per heavy atom. The number of H-pyrrole nitrogens is 2. The first-order valence-electron chi connectivity index (χ1n) is 10.9. The second kappa shape index (κ2) is 8.63. The summed E-state index contributed by atoms with van der Waals surface area (Å²) < 4.78 is 45.1. The lowest BCUT2D eigenvalue weighted by Crippen LogP contribution is -2.44. The summed E-state index contributed by atoms with van der Waals surface area (Å²) >= 11 is 0. The molecule has 0 radical (unpaired) electrons. The Morgan fingerprint density at radius 1 is 1.22 bits per heavy atom. The normalized spacial score (nSPS) is 22.8. The van der Waals surface area contributed by atoms with Crippen LogP contribution in [0.3, 0.4) is 0 Å². The standard InChI is InChI=1S/C23H24F3N5O/c24-23(25,26)20-12-17-21(28-14-29-22(17)30-20)27-13-18-16-5-2-1-4-15(16)6-7-19(18)31-8-3-10-32-11-9-31/h1-2,4-5,12-14,18-19H,3,6-11H2,(H,28,29,30)/p+1/b27-13-/t18?,19-/m0/s1. The van der Waals surface area contributed by atoms with Crippen LogP contribution in [0.5, 0.6) is 0 Å². The molecule has 0 bridgehead atoms. The number of fused-ring (bicyclic) bond motifs is 2. The Kier molecular flexibility index (Phi) is 5.69. The van der Waals surface area contributed by atoms with Crippen LogP contribution in [0, 0.1) is 0 Å². The summed E-state index contributed by atoms with van der Waals surface area (Å²) in [6, 6.07) is 9.69. The van der Waals surface area contributed by atoms with Gasteiger partial charge in [0.15, 0.2) is 0 Å². The van der Waals surface area contributed by atoms with E-state index in [9.17, 15) is 13.2 Å². The molecule has 6 nitrogen and oxygen atoms in total. The summed E-state index contributed by atoms with van der Waals surface area (Å²) in [6.45, 7) is 3.33. The van der Waals surface area contributed by atoms with E-state index in [0.29, 0.717) is 17.8 Å². The second-order valence-corrected chi connectivity index (χ2v) is 8.30. The van der Waals surface area contributed by atoms with Gasteiger partial charge in [0, 0.05) is 25.7 Å². The third-order valence-electron chi connectivity index (χ3n) is 6.38. The molecular formula is C23H25F3N5O+. The van der Waals surface area contributed by atoms with Crippen molar-refractivity contribution in [2.24, 2.45) is 4.99 Å². The van der Waals surface area contributed by atoms with Gasteiger partial charge in [-0.1, -0.05) is 29.2 Å². The molecule has 1 aliphatic heterocycles. The first kappa shape index (κ1) is 21.1. The predicted octanol–water partition coefficient (Wildman–Crippen LogP) is 3.92. The Labute approximate surface area is 183 Å². The zero-order chi connectivity index (χ0) is 22.1. The first-order valence-corrected chi connectivity index (χ1v) is 10.9. The van der Waals surface area contributed by atoms with Crippen molar-refractivity contribution in [1.29, 1.82) is 0 Å². The van der Waals surface area contributed by atoms with Crippen LogP contribution in [-0.2, 0) is 17.3 Å². The van der Waals surface area contributed by atoms with Gasteiger partial charge in [-0.15, -0.1) is 4.99 Å². The molecule has 1 unspecified atom stereocenters. The zero-order valence-corrected chi connectivity index (χ0v) is 17.5. The van der Waals surface area contributed by atoms with E-state index in [-0.39, 0.29) is 17.6 Å². The number of benzene rings is 1. The number of aryl methyl sites for hydroxylation is 1. The maximum atomic E-state index is 13.2. The highest BCUT2D eigenvalue weighted by atomic mass is 19.4. The predicted molar refractivity (Wildman–Crippen MR) is 114 cm³/mol. The molecule has 3 heterocycles. The largest absolute Gasteiger partial charge is 0.431 e. The number of alkyl halides is 3. The second-order valence-electron chi connectivity index (χ2n) is 8.30. The lowest BCUT2D eigenvalue weighted by atomic mass is 9.79. The van der Waals surface area contributed by atoms with E-state index in [1.54, 1.807) is 0 Å². The molecule has 1 aromatic carbocycles. The van der Waals surface area contributed by atoms with Gasteiger partial charge in [0.2, 0.25) is 12.0 Å². The van der Waals surface area contributed by atoms with E-state index in [4.69, 9.17) is 4.74 Å². The molecule has 0 spiro atoms. The minimum absolute atomic E-state index is 0.0377. The summed E-state index contributed by atoms with van der Waals surface area (Å²) in [5.41, 5.74) is 1.86. The maximum absolute atomic E-state index is 13.2. The number of aromatic nitrogens is 3. The summed E-state index contributed by atoms with van der Waals surface area (Å²) in [5.74, 6) is 0.401. The summed E-state index contributed by atoms with van der Waals surface area (Å²) in [6.07, 6.45) is 1.78. The van der Waals surface area contributed by atoms with Gasteiger partial charge in [-0.05, 0) is 36.5 Å². The van der Waals surface area contributed by atoms with Gasteiger partial charge >= 0.3 is 6.18 Å². The number of ether oxygens (including phenoxy) is 1.